The van der Waals surface area contributed by atoms with E-state index in [9.17, 15) is 19.7 Å². The Labute approximate surface area is 180 Å². The average Bonchev–Trinajstić information content (AvgIpc) is 2.78. The molecule has 31 heavy (non-hydrogen) atoms. The SMILES string of the molecule is Cc1cc(C(=O)COC(=O)c2ccc(N3CCOCC3)c([N+](=O)[O-])c2)c(C)c(C)c1C. The van der Waals surface area contributed by atoms with Gasteiger partial charge in [0.2, 0.25) is 5.78 Å². The number of nitro groups is 1. The lowest BCUT2D eigenvalue weighted by atomic mass is 9.93. The zero-order valence-electron chi connectivity index (χ0n) is 18.2. The van der Waals surface area contributed by atoms with Gasteiger partial charge in [0.15, 0.2) is 6.61 Å². The molecule has 0 spiro atoms. The van der Waals surface area contributed by atoms with Gasteiger partial charge in [0.05, 0.1) is 23.7 Å². The number of morpholine rings is 1. The summed E-state index contributed by atoms with van der Waals surface area (Å²) < 4.78 is 10.5. The molecule has 2 aromatic carbocycles. The van der Waals surface area contributed by atoms with E-state index >= 15 is 0 Å². The average molecular weight is 426 g/mol. The van der Waals surface area contributed by atoms with Gasteiger partial charge in [0.25, 0.3) is 5.69 Å². The fraction of sp³-hybridized carbons (Fsp3) is 0.391. The van der Waals surface area contributed by atoms with Gasteiger partial charge in [-0.2, -0.15) is 0 Å². The molecule has 0 aromatic heterocycles. The summed E-state index contributed by atoms with van der Waals surface area (Å²) >= 11 is 0. The third kappa shape index (κ3) is 4.74. The standard InChI is InChI=1S/C23H26N2O6/c1-14-11-19(17(4)16(3)15(14)2)22(26)13-31-23(27)18-5-6-20(21(12-18)25(28)29)24-7-9-30-10-8-24/h5-6,11-12H,7-10,13H2,1-4H3. The van der Waals surface area contributed by atoms with Crippen LogP contribution in [0.1, 0.15) is 43.0 Å². The van der Waals surface area contributed by atoms with Crippen LogP contribution in [0.2, 0.25) is 0 Å². The molecule has 0 bridgehead atoms. The summed E-state index contributed by atoms with van der Waals surface area (Å²) in [6.45, 7) is 9.36. The predicted octanol–water partition coefficient (Wildman–Crippen LogP) is 3.70. The minimum atomic E-state index is -0.775. The third-order valence-corrected chi connectivity index (χ3v) is 5.88. The molecule has 0 radical (unpaired) electrons. The Morgan fingerprint density at radius 3 is 2.39 bits per heavy atom. The zero-order valence-corrected chi connectivity index (χ0v) is 18.2. The van der Waals surface area contributed by atoms with E-state index in [1.54, 1.807) is 12.1 Å². The number of nitrogens with zero attached hydrogens (tertiary/aromatic N) is 2. The molecule has 1 fully saturated rings. The van der Waals surface area contributed by atoms with Gasteiger partial charge in [-0.3, -0.25) is 14.9 Å². The van der Waals surface area contributed by atoms with Crippen LogP contribution in [-0.2, 0) is 9.47 Å². The van der Waals surface area contributed by atoms with Gasteiger partial charge >= 0.3 is 5.97 Å². The molecule has 164 valence electrons. The van der Waals surface area contributed by atoms with Gasteiger partial charge in [0, 0.05) is 24.7 Å². The topological polar surface area (TPSA) is 99.0 Å². The van der Waals surface area contributed by atoms with Crippen LogP contribution in [0.25, 0.3) is 0 Å². The van der Waals surface area contributed by atoms with E-state index in [0.717, 1.165) is 22.3 Å². The molecular formula is C23H26N2O6. The minimum absolute atomic E-state index is 0.0319. The summed E-state index contributed by atoms with van der Waals surface area (Å²) in [5.41, 5.74) is 4.81. The summed E-state index contributed by atoms with van der Waals surface area (Å²) in [6.07, 6.45) is 0. The van der Waals surface area contributed by atoms with Gasteiger partial charge < -0.3 is 14.4 Å². The predicted molar refractivity (Wildman–Crippen MR) is 116 cm³/mol. The Balaban J connectivity index is 1.75. The van der Waals surface area contributed by atoms with Crippen LogP contribution < -0.4 is 4.90 Å². The summed E-state index contributed by atoms with van der Waals surface area (Å²) in [7, 11) is 0. The molecule has 0 atom stereocenters. The monoisotopic (exact) mass is 426 g/mol. The fourth-order valence-corrected chi connectivity index (χ4v) is 3.66. The van der Waals surface area contributed by atoms with Crippen molar-refractivity contribution < 1.29 is 24.0 Å². The van der Waals surface area contributed by atoms with Crippen molar-refractivity contribution in [3.63, 3.8) is 0 Å². The molecule has 0 N–H and O–H groups in total. The number of carbonyl (C=O) groups excluding carboxylic acids is 2. The van der Waals surface area contributed by atoms with E-state index < -0.39 is 17.5 Å². The molecule has 1 heterocycles. The van der Waals surface area contributed by atoms with Gasteiger partial charge in [-0.25, -0.2) is 4.79 Å². The Morgan fingerprint density at radius 1 is 1.06 bits per heavy atom. The highest BCUT2D eigenvalue weighted by Crippen LogP contribution is 2.30. The Morgan fingerprint density at radius 2 is 1.74 bits per heavy atom. The lowest BCUT2D eigenvalue weighted by molar-refractivity contribution is -0.384. The maximum absolute atomic E-state index is 12.6. The molecule has 1 aliphatic rings. The van der Waals surface area contributed by atoms with Crippen molar-refractivity contribution in [2.24, 2.45) is 0 Å². The van der Waals surface area contributed by atoms with Crippen LogP contribution >= 0.6 is 0 Å². The Kier molecular flexibility index (Phi) is 6.70. The Hall–Kier alpha value is -3.26. The Bertz CT molecular complexity index is 1040. The number of esters is 1. The van der Waals surface area contributed by atoms with Gasteiger partial charge in [-0.15, -0.1) is 0 Å². The summed E-state index contributed by atoms with van der Waals surface area (Å²) in [5.74, 6) is -1.08. The number of Topliss-reactive ketones (excluding diaryl/α,β-unsaturated/α-hetero) is 1. The molecule has 0 amide bonds. The largest absolute Gasteiger partial charge is 0.454 e. The van der Waals surface area contributed by atoms with Gasteiger partial charge in [0.1, 0.15) is 5.69 Å². The smallest absolute Gasteiger partial charge is 0.338 e. The van der Waals surface area contributed by atoms with E-state index in [2.05, 4.69) is 0 Å². The van der Waals surface area contributed by atoms with Crippen molar-refractivity contribution >= 4 is 23.1 Å². The summed E-state index contributed by atoms with van der Waals surface area (Å²) in [5, 5.41) is 11.6. The molecule has 0 saturated carbocycles. The van der Waals surface area contributed by atoms with Crippen molar-refractivity contribution in [1.82, 2.24) is 0 Å². The fourth-order valence-electron chi connectivity index (χ4n) is 3.66. The number of carbonyl (C=O) groups is 2. The highest BCUT2D eigenvalue weighted by atomic mass is 16.6. The van der Waals surface area contributed by atoms with Crippen LogP contribution in [0.3, 0.4) is 0 Å². The number of benzene rings is 2. The van der Waals surface area contributed by atoms with Crippen molar-refractivity contribution in [1.29, 1.82) is 0 Å². The number of nitro benzene ring substituents is 1. The highest BCUT2D eigenvalue weighted by Gasteiger charge is 2.24. The molecular weight excluding hydrogens is 400 g/mol. The molecule has 3 rings (SSSR count). The molecule has 0 aliphatic carbocycles. The van der Waals surface area contributed by atoms with E-state index in [0.29, 0.717) is 37.6 Å². The van der Waals surface area contributed by atoms with Crippen molar-refractivity contribution in [2.45, 2.75) is 27.7 Å². The maximum Gasteiger partial charge on any atom is 0.338 e. The number of aryl methyl sites for hydroxylation is 1. The zero-order chi connectivity index (χ0) is 22.7. The molecule has 1 saturated heterocycles. The number of ketones is 1. The first kappa shape index (κ1) is 22.4. The highest BCUT2D eigenvalue weighted by molar-refractivity contribution is 6.01. The van der Waals surface area contributed by atoms with Crippen LogP contribution in [0.15, 0.2) is 24.3 Å². The normalized spacial score (nSPS) is 13.7. The number of anilines is 1. The number of rotatable bonds is 6. The first-order valence-electron chi connectivity index (χ1n) is 10.1. The maximum atomic E-state index is 12.6. The van der Waals surface area contributed by atoms with E-state index in [1.165, 1.54) is 12.1 Å². The number of ether oxygens (including phenoxy) is 2. The van der Waals surface area contributed by atoms with Crippen LogP contribution in [-0.4, -0.2) is 49.6 Å². The number of hydrogen-bond donors (Lipinski definition) is 0. The van der Waals surface area contributed by atoms with Crippen LogP contribution in [0, 0.1) is 37.8 Å². The minimum Gasteiger partial charge on any atom is -0.454 e. The first-order valence-corrected chi connectivity index (χ1v) is 10.1. The number of hydrogen-bond acceptors (Lipinski definition) is 7. The molecule has 8 heteroatoms. The van der Waals surface area contributed by atoms with E-state index in [1.807, 2.05) is 32.6 Å². The second-order valence-corrected chi connectivity index (χ2v) is 7.68. The molecule has 8 nitrogen and oxygen atoms in total. The lowest BCUT2D eigenvalue weighted by Crippen LogP contribution is -2.36. The second kappa shape index (κ2) is 9.26. The van der Waals surface area contributed by atoms with Gasteiger partial charge in [-0.05, 0) is 68.1 Å². The first-order chi connectivity index (χ1) is 14.7. The van der Waals surface area contributed by atoms with Gasteiger partial charge in [-0.1, -0.05) is 0 Å². The van der Waals surface area contributed by atoms with Crippen molar-refractivity contribution in [2.75, 3.05) is 37.8 Å². The molecule has 2 aromatic rings. The van der Waals surface area contributed by atoms with Crippen LogP contribution in [0.4, 0.5) is 11.4 Å². The van der Waals surface area contributed by atoms with E-state index in [-0.39, 0.29) is 17.0 Å². The third-order valence-electron chi connectivity index (χ3n) is 5.88. The summed E-state index contributed by atoms with van der Waals surface area (Å²) in [4.78, 5) is 38.0. The second-order valence-electron chi connectivity index (χ2n) is 7.68. The molecule has 1 aliphatic heterocycles. The quantitative estimate of drug-likeness (QED) is 0.300. The van der Waals surface area contributed by atoms with Crippen LogP contribution in [0.5, 0.6) is 0 Å². The summed E-state index contributed by atoms with van der Waals surface area (Å²) in [6, 6.07) is 6.02. The van der Waals surface area contributed by atoms with Crippen molar-refractivity contribution in [3.05, 3.63) is 67.8 Å². The molecule has 0 unspecified atom stereocenters. The lowest BCUT2D eigenvalue weighted by Gasteiger charge is -2.28. The van der Waals surface area contributed by atoms with E-state index in [4.69, 9.17) is 9.47 Å². The van der Waals surface area contributed by atoms with Crippen molar-refractivity contribution in [3.8, 4) is 0 Å².